The standard InChI is InChI=1S/C17H19F2N/c1-11(2)20-10-13-5-4-6-14(9-13)15-8-7-12(3)16(18)17(15)19/h4-9,11,20H,10H2,1-3H3. The molecule has 0 aliphatic heterocycles. The smallest absolute Gasteiger partial charge is 0.166 e. The van der Waals surface area contributed by atoms with Gasteiger partial charge in [0.05, 0.1) is 0 Å². The first-order valence-corrected chi connectivity index (χ1v) is 6.76. The van der Waals surface area contributed by atoms with Crippen molar-refractivity contribution < 1.29 is 8.78 Å². The summed E-state index contributed by atoms with van der Waals surface area (Å²) in [6.45, 7) is 6.41. The molecular weight excluding hydrogens is 256 g/mol. The quantitative estimate of drug-likeness (QED) is 0.870. The van der Waals surface area contributed by atoms with E-state index >= 15 is 0 Å². The summed E-state index contributed by atoms with van der Waals surface area (Å²) in [5, 5.41) is 3.31. The normalized spacial score (nSPS) is 11.1. The molecule has 0 spiro atoms. The number of benzene rings is 2. The van der Waals surface area contributed by atoms with Crippen molar-refractivity contribution in [3.8, 4) is 11.1 Å². The van der Waals surface area contributed by atoms with Gasteiger partial charge in [0.25, 0.3) is 0 Å². The maximum Gasteiger partial charge on any atom is 0.166 e. The summed E-state index contributed by atoms with van der Waals surface area (Å²) in [4.78, 5) is 0. The van der Waals surface area contributed by atoms with E-state index < -0.39 is 11.6 Å². The first-order chi connectivity index (χ1) is 9.49. The second-order valence-corrected chi connectivity index (χ2v) is 5.29. The fourth-order valence-electron chi connectivity index (χ4n) is 2.04. The van der Waals surface area contributed by atoms with E-state index in [1.165, 1.54) is 0 Å². The topological polar surface area (TPSA) is 12.0 Å². The van der Waals surface area contributed by atoms with Crippen LogP contribution in [0.5, 0.6) is 0 Å². The fraction of sp³-hybridized carbons (Fsp3) is 0.294. The molecule has 0 bridgehead atoms. The van der Waals surface area contributed by atoms with Gasteiger partial charge in [0.15, 0.2) is 11.6 Å². The largest absolute Gasteiger partial charge is 0.310 e. The molecule has 2 aromatic carbocycles. The van der Waals surface area contributed by atoms with E-state index in [0.29, 0.717) is 29.3 Å². The van der Waals surface area contributed by atoms with Crippen LogP contribution in [0, 0.1) is 18.6 Å². The molecule has 0 unspecified atom stereocenters. The molecule has 0 heterocycles. The Balaban J connectivity index is 2.34. The lowest BCUT2D eigenvalue weighted by atomic mass is 10.0. The Morgan fingerprint density at radius 1 is 1.05 bits per heavy atom. The molecule has 0 saturated carbocycles. The molecular formula is C17H19F2N. The van der Waals surface area contributed by atoms with Crippen molar-refractivity contribution in [3.05, 3.63) is 59.2 Å². The van der Waals surface area contributed by atoms with Crippen LogP contribution in [0.25, 0.3) is 11.1 Å². The Labute approximate surface area is 118 Å². The highest BCUT2D eigenvalue weighted by Crippen LogP contribution is 2.26. The van der Waals surface area contributed by atoms with Crippen LogP contribution >= 0.6 is 0 Å². The molecule has 106 valence electrons. The van der Waals surface area contributed by atoms with Gasteiger partial charge in [-0.1, -0.05) is 44.2 Å². The van der Waals surface area contributed by atoms with Crippen LogP contribution in [0.15, 0.2) is 36.4 Å². The molecule has 20 heavy (non-hydrogen) atoms. The molecule has 2 aromatic rings. The molecule has 1 N–H and O–H groups in total. The minimum Gasteiger partial charge on any atom is -0.310 e. The lowest BCUT2D eigenvalue weighted by molar-refractivity contribution is 0.505. The van der Waals surface area contributed by atoms with Gasteiger partial charge >= 0.3 is 0 Å². The Morgan fingerprint density at radius 3 is 2.50 bits per heavy atom. The van der Waals surface area contributed by atoms with E-state index in [4.69, 9.17) is 0 Å². The number of nitrogens with one attached hydrogen (secondary N) is 1. The van der Waals surface area contributed by atoms with Crippen molar-refractivity contribution in [2.75, 3.05) is 0 Å². The first-order valence-electron chi connectivity index (χ1n) is 6.76. The van der Waals surface area contributed by atoms with Gasteiger partial charge in [0, 0.05) is 18.2 Å². The average Bonchev–Trinajstić information content (AvgIpc) is 2.43. The predicted octanol–water partition coefficient (Wildman–Crippen LogP) is 4.44. The molecule has 3 heteroatoms. The molecule has 1 nitrogen and oxygen atoms in total. The molecule has 0 atom stereocenters. The lowest BCUT2D eigenvalue weighted by Gasteiger charge is -2.11. The Morgan fingerprint density at radius 2 is 1.80 bits per heavy atom. The van der Waals surface area contributed by atoms with Crippen LogP contribution in [0.2, 0.25) is 0 Å². The fourth-order valence-corrected chi connectivity index (χ4v) is 2.04. The zero-order valence-corrected chi connectivity index (χ0v) is 12.0. The number of rotatable bonds is 4. The molecule has 0 fully saturated rings. The third kappa shape index (κ3) is 3.23. The summed E-state index contributed by atoms with van der Waals surface area (Å²) in [7, 11) is 0. The van der Waals surface area contributed by atoms with E-state index in [9.17, 15) is 8.78 Å². The average molecular weight is 275 g/mol. The van der Waals surface area contributed by atoms with Crippen molar-refractivity contribution >= 4 is 0 Å². The maximum absolute atomic E-state index is 14.0. The predicted molar refractivity (Wildman–Crippen MR) is 78.5 cm³/mol. The van der Waals surface area contributed by atoms with Gasteiger partial charge in [-0.3, -0.25) is 0 Å². The zero-order valence-electron chi connectivity index (χ0n) is 12.0. The van der Waals surface area contributed by atoms with Crippen LogP contribution in [-0.4, -0.2) is 6.04 Å². The summed E-state index contributed by atoms with van der Waals surface area (Å²) in [6.07, 6.45) is 0. The zero-order chi connectivity index (χ0) is 14.7. The third-order valence-electron chi connectivity index (χ3n) is 3.23. The van der Waals surface area contributed by atoms with Crippen LogP contribution < -0.4 is 5.32 Å². The van der Waals surface area contributed by atoms with Gasteiger partial charge in [-0.05, 0) is 29.7 Å². The second kappa shape index (κ2) is 6.14. The molecule has 0 aliphatic rings. The Bertz CT molecular complexity index is 606. The number of hydrogen-bond acceptors (Lipinski definition) is 1. The van der Waals surface area contributed by atoms with Crippen molar-refractivity contribution in [3.63, 3.8) is 0 Å². The molecule has 0 radical (unpaired) electrons. The van der Waals surface area contributed by atoms with Gasteiger partial charge in [-0.25, -0.2) is 8.78 Å². The Hall–Kier alpha value is -1.74. The summed E-state index contributed by atoms with van der Waals surface area (Å²) < 4.78 is 27.6. The molecule has 2 rings (SSSR count). The van der Waals surface area contributed by atoms with Crippen LogP contribution in [-0.2, 0) is 6.54 Å². The van der Waals surface area contributed by atoms with E-state index in [1.807, 2.05) is 18.2 Å². The van der Waals surface area contributed by atoms with Gasteiger partial charge in [-0.15, -0.1) is 0 Å². The lowest BCUT2D eigenvalue weighted by Crippen LogP contribution is -2.21. The van der Waals surface area contributed by atoms with Crippen molar-refractivity contribution in [2.45, 2.75) is 33.4 Å². The first kappa shape index (κ1) is 14.7. The number of hydrogen-bond donors (Lipinski definition) is 1. The molecule has 0 amide bonds. The van der Waals surface area contributed by atoms with Gasteiger partial charge < -0.3 is 5.32 Å². The highest BCUT2D eigenvalue weighted by molar-refractivity contribution is 5.65. The summed E-state index contributed by atoms with van der Waals surface area (Å²) in [5.74, 6) is -1.55. The SMILES string of the molecule is Cc1ccc(-c2cccc(CNC(C)C)c2)c(F)c1F. The van der Waals surface area contributed by atoms with E-state index in [-0.39, 0.29) is 0 Å². The summed E-state index contributed by atoms with van der Waals surface area (Å²) in [6, 6.07) is 11.1. The minimum absolute atomic E-state index is 0.305. The molecule has 0 aromatic heterocycles. The van der Waals surface area contributed by atoms with Crippen molar-refractivity contribution in [1.82, 2.24) is 5.32 Å². The van der Waals surface area contributed by atoms with Gasteiger partial charge in [-0.2, -0.15) is 0 Å². The maximum atomic E-state index is 14.0. The summed E-state index contributed by atoms with van der Waals surface area (Å²) in [5.41, 5.74) is 2.38. The van der Waals surface area contributed by atoms with Crippen LogP contribution in [0.1, 0.15) is 25.0 Å². The van der Waals surface area contributed by atoms with Gasteiger partial charge in [0.1, 0.15) is 0 Å². The van der Waals surface area contributed by atoms with E-state index in [0.717, 1.165) is 5.56 Å². The van der Waals surface area contributed by atoms with Crippen LogP contribution in [0.4, 0.5) is 8.78 Å². The third-order valence-corrected chi connectivity index (χ3v) is 3.23. The Kier molecular flexibility index (Phi) is 4.50. The van der Waals surface area contributed by atoms with Gasteiger partial charge in [0.2, 0.25) is 0 Å². The molecule has 0 saturated heterocycles. The van der Waals surface area contributed by atoms with Crippen LogP contribution in [0.3, 0.4) is 0 Å². The van der Waals surface area contributed by atoms with Crippen molar-refractivity contribution in [2.24, 2.45) is 0 Å². The highest BCUT2D eigenvalue weighted by Gasteiger charge is 2.12. The second-order valence-electron chi connectivity index (χ2n) is 5.29. The minimum atomic E-state index is -0.779. The van der Waals surface area contributed by atoms with Crippen molar-refractivity contribution in [1.29, 1.82) is 0 Å². The number of halogens is 2. The van der Waals surface area contributed by atoms with E-state index in [2.05, 4.69) is 19.2 Å². The highest BCUT2D eigenvalue weighted by atomic mass is 19.2. The summed E-state index contributed by atoms with van der Waals surface area (Å²) >= 11 is 0. The molecule has 0 aliphatic carbocycles. The van der Waals surface area contributed by atoms with E-state index in [1.54, 1.807) is 25.1 Å². The number of aryl methyl sites for hydroxylation is 1. The monoisotopic (exact) mass is 275 g/mol.